The van der Waals surface area contributed by atoms with E-state index in [4.69, 9.17) is 5.11 Å². The van der Waals surface area contributed by atoms with E-state index in [0.717, 1.165) is 19.4 Å². The highest BCUT2D eigenvalue weighted by molar-refractivity contribution is 5.97. The molecule has 1 aromatic carbocycles. The molecule has 1 amide bonds. The summed E-state index contributed by atoms with van der Waals surface area (Å²) in [6, 6.07) is 6.74. The molecule has 1 N–H and O–H groups in total. The molecule has 0 bridgehead atoms. The van der Waals surface area contributed by atoms with Crippen LogP contribution in [0.2, 0.25) is 0 Å². The van der Waals surface area contributed by atoms with Crippen molar-refractivity contribution in [3.05, 3.63) is 35.4 Å². The van der Waals surface area contributed by atoms with Crippen LogP contribution in [0.15, 0.2) is 24.3 Å². The summed E-state index contributed by atoms with van der Waals surface area (Å²) in [6.07, 6.45) is 5.81. The summed E-state index contributed by atoms with van der Waals surface area (Å²) >= 11 is 0. The van der Waals surface area contributed by atoms with Crippen molar-refractivity contribution in [2.75, 3.05) is 6.54 Å². The zero-order valence-corrected chi connectivity index (χ0v) is 11.4. The Bertz CT molecular complexity index is 540. The van der Waals surface area contributed by atoms with Gasteiger partial charge in [-0.25, -0.2) is 4.79 Å². The summed E-state index contributed by atoms with van der Waals surface area (Å²) in [5.74, 6) is -0.350. The molecule has 3 rings (SSSR count). The largest absolute Gasteiger partial charge is 0.478 e. The van der Waals surface area contributed by atoms with Crippen molar-refractivity contribution in [1.29, 1.82) is 0 Å². The van der Waals surface area contributed by atoms with Gasteiger partial charge in [-0.1, -0.05) is 12.5 Å². The van der Waals surface area contributed by atoms with Crippen molar-refractivity contribution in [1.82, 2.24) is 4.90 Å². The van der Waals surface area contributed by atoms with Crippen molar-refractivity contribution < 1.29 is 14.7 Å². The van der Waals surface area contributed by atoms with Gasteiger partial charge in [-0.3, -0.25) is 4.79 Å². The molecule has 0 spiro atoms. The fourth-order valence-corrected chi connectivity index (χ4v) is 3.66. The lowest BCUT2D eigenvalue weighted by Crippen LogP contribution is -2.46. The predicted molar refractivity (Wildman–Crippen MR) is 74.8 cm³/mol. The summed E-state index contributed by atoms with van der Waals surface area (Å²) in [5, 5.41) is 9.03. The van der Waals surface area contributed by atoms with E-state index in [1.54, 1.807) is 12.1 Å². The number of carbonyl (C=O) groups is 2. The van der Waals surface area contributed by atoms with E-state index in [1.165, 1.54) is 31.4 Å². The normalized spacial score (nSPS) is 25.3. The molecule has 20 heavy (non-hydrogen) atoms. The van der Waals surface area contributed by atoms with Gasteiger partial charge in [-0.2, -0.15) is 0 Å². The van der Waals surface area contributed by atoms with Crippen molar-refractivity contribution in [2.24, 2.45) is 5.92 Å². The Balaban J connectivity index is 1.84. The first kappa shape index (κ1) is 13.2. The maximum atomic E-state index is 12.7. The number of aromatic carboxylic acids is 1. The van der Waals surface area contributed by atoms with E-state index in [-0.39, 0.29) is 11.5 Å². The number of piperidine rings is 1. The maximum absolute atomic E-state index is 12.7. The van der Waals surface area contributed by atoms with Gasteiger partial charge in [0.15, 0.2) is 0 Å². The number of amides is 1. The van der Waals surface area contributed by atoms with Gasteiger partial charge in [-0.05, 0) is 49.8 Å². The molecule has 1 aliphatic heterocycles. The summed E-state index contributed by atoms with van der Waals surface area (Å²) in [7, 11) is 0. The molecule has 106 valence electrons. The Hall–Kier alpha value is -1.84. The molecule has 1 aromatic rings. The van der Waals surface area contributed by atoms with Gasteiger partial charge < -0.3 is 10.0 Å². The second kappa shape index (κ2) is 5.27. The minimum atomic E-state index is -0.989. The van der Waals surface area contributed by atoms with Crippen LogP contribution in [0.4, 0.5) is 0 Å². The highest BCUT2D eigenvalue weighted by Gasteiger charge is 2.37. The van der Waals surface area contributed by atoms with Crippen LogP contribution in [0.3, 0.4) is 0 Å². The zero-order chi connectivity index (χ0) is 14.1. The van der Waals surface area contributed by atoms with Crippen LogP contribution in [0, 0.1) is 5.92 Å². The Morgan fingerprint density at radius 2 is 1.85 bits per heavy atom. The van der Waals surface area contributed by atoms with Gasteiger partial charge in [0.1, 0.15) is 0 Å². The predicted octanol–water partition coefficient (Wildman–Crippen LogP) is 2.79. The van der Waals surface area contributed by atoms with E-state index in [0.29, 0.717) is 17.5 Å². The number of hydrogen-bond acceptors (Lipinski definition) is 2. The van der Waals surface area contributed by atoms with Crippen LogP contribution < -0.4 is 0 Å². The van der Waals surface area contributed by atoms with Gasteiger partial charge >= 0.3 is 5.97 Å². The van der Waals surface area contributed by atoms with Crippen LogP contribution in [-0.2, 0) is 0 Å². The Kier molecular flexibility index (Phi) is 3.47. The topological polar surface area (TPSA) is 57.6 Å². The number of likely N-dealkylation sites (tertiary alicyclic amines) is 1. The summed E-state index contributed by atoms with van der Waals surface area (Å²) in [5.41, 5.74) is 0.674. The molecule has 1 saturated carbocycles. The Morgan fingerprint density at radius 1 is 1.10 bits per heavy atom. The second-order valence-electron chi connectivity index (χ2n) is 5.79. The summed E-state index contributed by atoms with van der Waals surface area (Å²) in [6.45, 7) is 0.803. The molecule has 4 nitrogen and oxygen atoms in total. The first-order chi connectivity index (χ1) is 9.66. The van der Waals surface area contributed by atoms with Crippen LogP contribution in [-0.4, -0.2) is 34.5 Å². The first-order valence-corrected chi connectivity index (χ1v) is 7.31. The fourth-order valence-electron chi connectivity index (χ4n) is 3.66. The molecular weight excluding hydrogens is 254 g/mol. The Labute approximate surface area is 118 Å². The van der Waals surface area contributed by atoms with Gasteiger partial charge in [0.25, 0.3) is 5.91 Å². The first-order valence-electron chi connectivity index (χ1n) is 7.31. The molecule has 0 aromatic heterocycles. The lowest BCUT2D eigenvalue weighted by atomic mass is 9.91. The maximum Gasteiger partial charge on any atom is 0.335 e. The van der Waals surface area contributed by atoms with E-state index >= 15 is 0 Å². The number of benzene rings is 1. The average Bonchev–Trinajstić information content (AvgIpc) is 2.95. The number of hydrogen-bond donors (Lipinski definition) is 1. The molecule has 1 saturated heterocycles. The van der Waals surface area contributed by atoms with Crippen LogP contribution in [0.25, 0.3) is 0 Å². The standard InChI is InChI=1S/C16H19NO3/c18-15(12-5-1-6-13(10-12)16(19)20)17-9-3-7-11-4-2-8-14(11)17/h1,5-6,10-11,14H,2-4,7-9H2,(H,19,20)/t11-,14+/m0/s1. The number of carbonyl (C=O) groups excluding carboxylic acids is 1. The number of rotatable bonds is 2. The third-order valence-electron chi connectivity index (χ3n) is 4.61. The molecule has 1 heterocycles. The highest BCUT2D eigenvalue weighted by Crippen LogP contribution is 2.37. The van der Waals surface area contributed by atoms with Crippen LogP contribution in [0.1, 0.15) is 52.8 Å². The minimum Gasteiger partial charge on any atom is -0.478 e. The monoisotopic (exact) mass is 273 g/mol. The highest BCUT2D eigenvalue weighted by atomic mass is 16.4. The molecule has 2 atom stereocenters. The lowest BCUT2D eigenvalue weighted by Gasteiger charge is -2.37. The quantitative estimate of drug-likeness (QED) is 0.901. The summed E-state index contributed by atoms with van der Waals surface area (Å²) < 4.78 is 0. The number of fused-ring (bicyclic) bond motifs is 1. The minimum absolute atomic E-state index is 0.00954. The van der Waals surface area contributed by atoms with E-state index in [2.05, 4.69) is 0 Å². The van der Waals surface area contributed by atoms with E-state index < -0.39 is 5.97 Å². The molecule has 0 unspecified atom stereocenters. The summed E-state index contributed by atoms with van der Waals surface area (Å²) in [4.78, 5) is 25.6. The number of carboxylic acids is 1. The molecule has 1 aliphatic carbocycles. The second-order valence-corrected chi connectivity index (χ2v) is 5.79. The SMILES string of the molecule is O=C(O)c1cccc(C(=O)N2CCC[C@@H]3CCC[C@H]32)c1. The molecular formula is C16H19NO3. The van der Waals surface area contributed by atoms with Crippen LogP contribution in [0.5, 0.6) is 0 Å². The van der Waals surface area contributed by atoms with Gasteiger partial charge in [0.2, 0.25) is 0 Å². The molecule has 4 heteroatoms. The van der Waals surface area contributed by atoms with Crippen molar-refractivity contribution in [2.45, 2.75) is 38.1 Å². The number of carboxylic acid groups (broad SMARTS) is 1. The third kappa shape index (κ3) is 2.30. The molecule has 2 aliphatic rings. The Morgan fingerprint density at radius 3 is 2.65 bits per heavy atom. The van der Waals surface area contributed by atoms with Crippen molar-refractivity contribution in [3.63, 3.8) is 0 Å². The van der Waals surface area contributed by atoms with E-state index in [1.807, 2.05) is 4.90 Å². The smallest absolute Gasteiger partial charge is 0.335 e. The lowest BCUT2D eigenvalue weighted by molar-refractivity contribution is 0.0548. The van der Waals surface area contributed by atoms with Crippen molar-refractivity contribution >= 4 is 11.9 Å². The number of nitrogens with zero attached hydrogens (tertiary/aromatic N) is 1. The van der Waals surface area contributed by atoms with Gasteiger partial charge in [-0.15, -0.1) is 0 Å². The molecule has 2 fully saturated rings. The van der Waals surface area contributed by atoms with Gasteiger partial charge in [0.05, 0.1) is 5.56 Å². The van der Waals surface area contributed by atoms with Gasteiger partial charge in [0, 0.05) is 18.2 Å². The average molecular weight is 273 g/mol. The van der Waals surface area contributed by atoms with Crippen molar-refractivity contribution in [3.8, 4) is 0 Å². The molecule has 0 radical (unpaired) electrons. The fraction of sp³-hybridized carbons (Fsp3) is 0.500. The zero-order valence-electron chi connectivity index (χ0n) is 11.4. The van der Waals surface area contributed by atoms with E-state index in [9.17, 15) is 9.59 Å². The third-order valence-corrected chi connectivity index (χ3v) is 4.61. The van der Waals surface area contributed by atoms with Crippen LogP contribution >= 0.6 is 0 Å².